The summed E-state index contributed by atoms with van der Waals surface area (Å²) in [6.45, 7) is 2.15. The summed E-state index contributed by atoms with van der Waals surface area (Å²) < 4.78 is 26.8. The van der Waals surface area contributed by atoms with Crippen LogP contribution in [0.1, 0.15) is 18.1 Å². The number of rotatable bonds is 8. The van der Waals surface area contributed by atoms with Gasteiger partial charge >= 0.3 is 0 Å². The minimum absolute atomic E-state index is 0.159. The van der Waals surface area contributed by atoms with Crippen LogP contribution in [0.5, 0.6) is 0 Å². The number of amides is 1. The zero-order valence-corrected chi connectivity index (χ0v) is 16.0. The molecule has 3 N–H and O–H groups in total. The van der Waals surface area contributed by atoms with Gasteiger partial charge in [-0.3, -0.25) is 4.79 Å². The Labute approximate surface area is 159 Å². The lowest BCUT2D eigenvalue weighted by Gasteiger charge is -2.08. The molecule has 0 saturated carbocycles. The van der Waals surface area contributed by atoms with Crippen molar-refractivity contribution in [3.05, 3.63) is 65.9 Å². The van der Waals surface area contributed by atoms with Crippen LogP contribution in [0.15, 0.2) is 59.6 Å². The van der Waals surface area contributed by atoms with Crippen molar-refractivity contribution < 1.29 is 13.2 Å². The SMILES string of the molecule is CCc1ccc(S(=O)(=O)NCC(=O)NCCc2c[nH]c3ccccc23)cc1. The number of carbonyl (C=O) groups excluding carboxylic acids is 1. The summed E-state index contributed by atoms with van der Waals surface area (Å²) in [5.74, 6) is -0.358. The molecule has 3 aromatic rings. The minimum atomic E-state index is -3.69. The van der Waals surface area contributed by atoms with Gasteiger partial charge in [0.25, 0.3) is 0 Å². The molecule has 2 aromatic carbocycles. The molecule has 7 heteroatoms. The van der Waals surface area contributed by atoms with Crippen LogP contribution in [0, 0.1) is 0 Å². The molecule has 0 aliphatic carbocycles. The topological polar surface area (TPSA) is 91.1 Å². The van der Waals surface area contributed by atoms with Gasteiger partial charge in [-0.1, -0.05) is 37.3 Å². The third-order valence-electron chi connectivity index (χ3n) is 4.46. The standard InChI is InChI=1S/C20H23N3O3S/c1-2-15-7-9-17(10-8-15)27(25,26)23-14-20(24)21-12-11-16-13-22-19-6-4-3-5-18(16)19/h3-10,13,22-23H,2,11-12,14H2,1H3,(H,21,24). The molecule has 0 bridgehead atoms. The number of nitrogens with one attached hydrogen (secondary N) is 3. The monoisotopic (exact) mass is 385 g/mol. The number of benzene rings is 2. The Morgan fingerprint density at radius 3 is 2.56 bits per heavy atom. The van der Waals surface area contributed by atoms with Crippen molar-refractivity contribution in [2.75, 3.05) is 13.1 Å². The van der Waals surface area contributed by atoms with E-state index in [-0.39, 0.29) is 17.3 Å². The predicted octanol–water partition coefficient (Wildman–Crippen LogP) is 2.37. The van der Waals surface area contributed by atoms with Gasteiger partial charge in [0.05, 0.1) is 11.4 Å². The molecule has 1 aromatic heterocycles. The second kappa shape index (κ2) is 8.37. The first-order chi connectivity index (χ1) is 13.0. The number of hydrogen-bond acceptors (Lipinski definition) is 3. The van der Waals surface area contributed by atoms with E-state index in [0.29, 0.717) is 13.0 Å². The highest BCUT2D eigenvalue weighted by molar-refractivity contribution is 7.89. The van der Waals surface area contributed by atoms with Crippen LogP contribution in [-0.4, -0.2) is 32.4 Å². The normalized spacial score (nSPS) is 11.6. The summed E-state index contributed by atoms with van der Waals surface area (Å²) in [7, 11) is -3.69. The number of aromatic amines is 1. The molecule has 6 nitrogen and oxygen atoms in total. The summed E-state index contributed by atoms with van der Waals surface area (Å²) >= 11 is 0. The van der Waals surface area contributed by atoms with E-state index >= 15 is 0 Å². The first-order valence-electron chi connectivity index (χ1n) is 8.90. The second-order valence-electron chi connectivity index (χ2n) is 6.28. The number of fused-ring (bicyclic) bond motifs is 1. The fraction of sp³-hybridized carbons (Fsp3) is 0.250. The van der Waals surface area contributed by atoms with E-state index in [9.17, 15) is 13.2 Å². The molecular weight excluding hydrogens is 362 g/mol. The molecule has 0 spiro atoms. The van der Waals surface area contributed by atoms with E-state index in [1.807, 2.05) is 37.4 Å². The van der Waals surface area contributed by atoms with Crippen molar-refractivity contribution in [3.63, 3.8) is 0 Å². The quantitative estimate of drug-likeness (QED) is 0.556. The van der Waals surface area contributed by atoms with Gasteiger partial charge in [-0.25, -0.2) is 13.1 Å². The van der Waals surface area contributed by atoms with Crippen LogP contribution >= 0.6 is 0 Å². The predicted molar refractivity (Wildman–Crippen MR) is 106 cm³/mol. The molecule has 3 rings (SSSR count). The van der Waals surface area contributed by atoms with Crippen LogP contribution in [0.2, 0.25) is 0 Å². The summed E-state index contributed by atoms with van der Waals surface area (Å²) in [5.41, 5.74) is 3.23. The van der Waals surface area contributed by atoms with Crippen LogP contribution in [0.4, 0.5) is 0 Å². The Balaban J connectivity index is 1.49. The molecule has 142 valence electrons. The first-order valence-corrected chi connectivity index (χ1v) is 10.4. The number of H-pyrrole nitrogens is 1. The summed E-state index contributed by atoms with van der Waals surface area (Å²) in [4.78, 5) is 15.3. The molecule has 0 unspecified atom stereocenters. The van der Waals surface area contributed by atoms with E-state index < -0.39 is 10.0 Å². The second-order valence-corrected chi connectivity index (χ2v) is 8.05. The van der Waals surface area contributed by atoms with Gasteiger partial charge in [-0.15, -0.1) is 0 Å². The van der Waals surface area contributed by atoms with E-state index in [4.69, 9.17) is 0 Å². The molecule has 0 aliphatic rings. The first kappa shape index (κ1) is 19.1. The van der Waals surface area contributed by atoms with Crippen LogP contribution < -0.4 is 10.0 Å². The number of aryl methyl sites for hydroxylation is 1. The Morgan fingerprint density at radius 1 is 1.07 bits per heavy atom. The minimum Gasteiger partial charge on any atom is -0.361 e. The Bertz CT molecular complexity index is 1020. The van der Waals surface area contributed by atoms with E-state index in [1.165, 1.54) is 0 Å². The maximum absolute atomic E-state index is 12.2. The van der Waals surface area contributed by atoms with Crippen molar-refractivity contribution >= 4 is 26.8 Å². The van der Waals surface area contributed by atoms with Gasteiger partial charge < -0.3 is 10.3 Å². The van der Waals surface area contributed by atoms with Crippen LogP contribution in [-0.2, 0) is 27.7 Å². The van der Waals surface area contributed by atoms with Crippen molar-refractivity contribution in [1.29, 1.82) is 0 Å². The van der Waals surface area contributed by atoms with Gasteiger partial charge in [0.1, 0.15) is 0 Å². The van der Waals surface area contributed by atoms with Crippen LogP contribution in [0.3, 0.4) is 0 Å². The van der Waals surface area contributed by atoms with Crippen molar-refractivity contribution in [2.24, 2.45) is 0 Å². The number of aromatic nitrogens is 1. The largest absolute Gasteiger partial charge is 0.361 e. The summed E-state index contributed by atoms with van der Waals surface area (Å²) in [6.07, 6.45) is 3.44. The third kappa shape index (κ3) is 4.75. The lowest BCUT2D eigenvalue weighted by Crippen LogP contribution is -2.37. The van der Waals surface area contributed by atoms with Gasteiger partial charge in [0.2, 0.25) is 15.9 Å². The molecule has 27 heavy (non-hydrogen) atoms. The molecule has 0 saturated heterocycles. The van der Waals surface area contributed by atoms with Crippen molar-refractivity contribution in [3.8, 4) is 0 Å². The highest BCUT2D eigenvalue weighted by atomic mass is 32.2. The molecular formula is C20H23N3O3S. The van der Waals surface area contributed by atoms with Gasteiger partial charge in [-0.2, -0.15) is 0 Å². The summed E-state index contributed by atoms with van der Waals surface area (Å²) in [6, 6.07) is 14.6. The average molecular weight is 385 g/mol. The smallest absolute Gasteiger partial charge is 0.241 e. The molecule has 0 atom stereocenters. The highest BCUT2D eigenvalue weighted by Gasteiger charge is 2.15. The molecule has 0 radical (unpaired) electrons. The number of hydrogen-bond donors (Lipinski definition) is 3. The van der Waals surface area contributed by atoms with Crippen molar-refractivity contribution in [1.82, 2.24) is 15.0 Å². The maximum atomic E-state index is 12.2. The van der Waals surface area contributed by atoms with Gasteiger partial charge in [0, 0.05) is 23.6 Å². The molecule has 0 fully saturated rings. The number of carbonyl (C=O) groups is 1. The molecule has 1 amide bonds. The zero-order chi connectivity index (χ0) is 19.3. The molecule has 1 heterocycles. The van der Waals surface area contributed by atoms with Crippen LogP contribution in [0.25, 0.3) is 10.9 Å². The lowest BCUT2D eigenvalue weighted by atomic mass is 10.1. The van der Waals surface area contributed by atoms with Gasteiger partial charge in [-0.05, 0) is 42.2 Å². The van der Waals surface area contributed by atoms with E-state index in [2.05, 4.69) is 15.0 Å². The average Bonchev–Trinajstić information content (AvgIpc) is 3.10. The summed E-state index contributed by atoms with van der Waals surface area (Å²) in [5, 5.41) is 3.88. The number of sulfonamides is 1. The maximum Gasteiger partial charge on any atom is 0.241 e. The zero-order valence-electron chi connectivity index (χ0n) is 15.2. The lowest BCUT2D eigenvalue weighted by molar-refractivity contribution is -0.119. The Kier molecular flexibility index (Phi) is 5.93. The van der Waals surface area contributed by atoms with Gasteiger partial charge in [0.15, 0.2) is 0 Å². The van der Waals surface area contributed by atoms with E-state index in [1.54, 1.807) is 24.3 Å². The van der Waals surface area contributed by atoms with Crippen molar-refractivity contribution in [2.45, 2.75) is 24.7 Å². The fourth-order valence-electron chi connectivity index (χ4n) is 2.89. The highest BCUT2D eigenvalue weighted by Crippen LogP contribution is 2.17. The van der Waals surface area contributed by atoms with E-state index in [0.717, 1.165) is 28.5 Å². The fourth-order valence-corrected chi connectivity index (χ4v) is 3.87. The third-order valence-corrected chi connectivity index (χ3v) is 5.87. The molecule has 0 aliphatic heterocycles. The number of para-hydroxylation sites is 1. The Hall–Kier alpha value is -2.64. The Morgan fingerprint density at radius 2 is 1.81 bits per heavy atom.